The highest BCUT2D eigenvalue weighted by Crippen LogP contribution is 2.06. The molecule has 0 saturated carbocycles. The molecule has 0 fully saturated rings. The fourth-order valence-electron chi connectivity index (χ4n) is 0.945. The molecule has 15 heavy (non-hydrogen) atoms. The maximum Gasteiger partial charge on any atom is 0.326 e. The Morgan fingerprint density at radius 3 is 2.53 bits per heavy atom. The average molecular weight is 235 g/mol. The summed E-state index contributed by atoms with van der Waals surface area (Å²) in [5.41, 5.74) is 0. The van der Waals surface area contributed by atoms with Gasteiger partial charge in [-0.15, -0.1) is 0 Å². The molecule has 0 aliphatic rings. The van der Waals surface area contributed by atoms with Gasteiger partial charge < -0.3 is 15.5 Å². The second-order valence-electron chi connectivity index (χ2n) is 3.02. The van der Waals surface area contributed by atoms with Gasteiger partial charge in [0.15, 0.2) is 0 Å². The predicted molar refractivity (Wildman–Crippen MR) is 58.9 cm³/mol. The summed E-state index contributed by atoms with van der Waals surface area (Å²) in [5.74, 6) is -0.0339. The van der Waals surface area contributed by atoms with E-state index in [1.807, 2.05) is 0 Å². The number of carbonyl (C=O) groups is 2. The van der Waals surface area contributed by atoms with Crippen molar-refractivity contribution in [2.75, 3.05) is 18.1 Å². The van der Waals surface area contributed by atoms with Crippen molar-refractivity contribution in [3.8, 4) is 0 Å². The van der Waals surface area contributed by atoms with Crippen molar-refractivity contribution in [1.29, 1.82) is 0 Å². The molecule has 1 amide bonds. The van der Waals surface area contributed by atoms with E-state index in [-0.39, 0.29) is 0 Å². The summed E-state index contributed by atoms with van der Waals surface area (Å²) in [7, 11) is 0. The van der Waals surface area contributed by atoms with Gasteiger partial charge in [0.2, 0.25) is 5.91 Å². The molecule has 1 unspecified atom stereocenters. The number of carboxylic acid groups (broad SMARTS) is 1. The molecule has 3 N–H and O–H groups in total. The lowest BCUT2D eigenvalue weighted by Gasteiger charge is -2.13. The smallest absolute Gasteiger partial charge is 0.326 e. The molecule has 0 aliphatic heterocycles. The van der Waals surface area contributed by atoms with E-state index in [0.29, 0.717) is 12.2 Å². The quantitative estimate of drug-likeness (QED) is 0.519. The molecule has 0 heterocycles. The number of carboxylic acids is 1. The van der Waals surface area contributed by atoms with Crippen LogP contribution in [0.25, 0.3) is 0 Å². The normalized spacial score (nSPS) is 12.1. The molecule has 0 aromatic rings. The Balaban J connectivity index is 3.84. The van der Waals surface area contributed by atoms with Crippen LogP contribution in [-0.4, -0.2) is 46.2 Å². The van der Waals surface area contributed by atoms with Crippen molar-refractivity contribution in [3.05, 3.63) is 0 Å². The second kappa shape index (κ2) is 8.55. The first kappa shape index (κ1) is 14.2. The van der Waals surface area contributed by atoms with Crippen LogP contribution in [0.15, 0.2) is 0 Å². The summed E-state index contributed by atoms with van der Waals surface area (Å²) in [6.45, 7) is 1.38. The first-order valence-corrected chi connectivity index (χ1v) is 5.98. The Morgan fingerprint density at radius 2 is 2.07 bits per heavy atom. The van der Waals surface area contributed by atoms with Crippen molar-refractivity contribution in [2.45, 2.75) is 25.8 Å². The van der Waals surface area contributed by atoms with E-state index < -0.39 is 24.5 Å². The van der Waals surface area contributed by atoms with E-state index >= 15 is 0 Å². The Kier molecular flexibility index (Phi) is 8.12. The van der Waals surface area contributed by atoms with Crippen LogP contribution in [0.2, 0.25) is 0 Å². The Bertz CT molecular complexity index is 210. The minimum absolute atomic E-state index is 0.381. The number of thioether (sulfide) groups is 1. The van der Waals surface area contributed by atoms with Gasteiger partial charge >= 0.3 is 5.97 Å². The zero-order valence-corrected chi connectivity index (χ0v) is 9.55. The lowest BCUT2D eigenvalue weighted by molar-refractivity contribution is -0.142. The van der Waals surface area contributed by atoms with Crippen LogP contribution in [0.4, 0.5) is 0 Å². The van der Waals surface area contributed by atoms with Gasteiger partial charge in [0, 0.05) is 0 Å². The van der Waals surface area contributed by atoms with E-state index in [9.17, 15) is 9.59 Å². The number of carbonyl (C=O) groups excluding carboxylic acids is 1. The van der Waals surface area contributed by atoms with E-state index in [2.05, 4.69) is 12.2 Å². The molecule has 6 heteroatoms. The Hall–Kier alpha value is -0.750. The monoisotopic (exact) mass is 235 g/mol. The zero-order valence-electron chi connectivity index (χ0n) is 8.73. The third-order valence-electron chi connectivity index (χ3n) is 1.68. The lowest BCUT2D eigenvalue weighted by atomic mass is 10.2. The minimum Gasteiger partial charge on any atom is -0.480 e. The maximum atomic E-state index is 10.8. The van der Waals surface area contributed by atoms with Gasteiger partial charge in [-0.1, -0.05) is 6.92 Å². The second-order valence-corrected chi connectivity index (χ2v) is 4.24. The highest BCUT2D eigenvalue weighted by molar-refractivity contribution is 7.99. The summed E-state index contributed by atoms with van der Waals surface area (Å²) in [4.78, 5) is 21.5. The number of amides is 1. The van der Waals surface area contributed by atoms with Gasteiger partial charge in [-0.2, -0.15) is 11.8 Å². The predicted octanol–water partition coefficient (Wildman–Crippen LogP) is 0.0814. The molecule has 0 saturated heterocycles. The highest BCUT2D eigenvalue weighted by Gasteiger charge is 2.18. The first-order valence-electron chi connectivity index (χ1n) is 4.82. The summed E-state index contributed by atoms with van der Waals surface area (Å²) >= 11 is 1.66. The van der Waals surface area contributed by atoms with Crippen molar-refractivity contribution in [2.24, 2.45) is 0 Å². The van der Waals surface area contributed by atoms with Crippen LogP contribution in [0.5, 0.6) is 0 Å². The molecule has 5 nitrogen and oxygen atoms in total. The van der Waals surface area contributed by atoms with Crippen LogP contribution in [0.3, 0.4) is 0 Å². The molecular formula is C9H17NO4S. The molecule has 0 rings (SSSR count). The molecular weight excluding hydrogens is 218 g/mol. The number of aliphatic carboxylic acids is 1. The highest BCUT2D eigenvalue weighted by atomic mass is 32.2. The molecule has 0 aliphatic carbocycles. The third kappa shape index (κ3) is 7.21. The Morgan fingerprint density at radius 1 is 1.40 bits per heavy atom. The van der Waals surface area contributed by atoms with E-state index in [1.54, 1.807) is 11.8 Å². The number of nitrogens with one attached hydrogen (secondary N) is 1. The molecule has 0 aromatic carbocycles. The van der Waals surface area contributed by atoms with Gasteiger partial charge in [-0.25, -0.2) is 4.79 Å². The van der Waals surface area contributed by atoms with E-state index in [0.717, 1.165) is 12.2 Å². The number of aliphatic hydroxyl groups is 1. The number of aliphatic hydroxyl groups excluding tert-OH is 1. The molecule has 1 atom stereocenters. The fourth-order valence-corrected chi connectivity index (χ4v) is 1.84. The van der Waals surface area contributed by atoms with Gasteiger partial charge in [-0.3, -0.25) is 4.79 Å². The zero-order chi connectivity index (χ0) is 11.7. The van der Waals surface area contributed by atoms with Gasteiger partial charge in [0.1, 0.15) is 12.6 Å². The molecule has 0 spiro atoms. The molecule has 0 bridgehead atoms. The van der Waals surface area contributed by atoms with E-state index in [4.69, 9.17) is 10.2 Å². The average Bonchev–Trinajstić information content (AvgIpc) is 2.21. The lowest BCUT2D eigenvalue weighted by Crippen LogP contribution is -2.42. The van der Waals surface area contributed by atoms with E-state index in [1.165, 1.54) is 0 Å². The summed E-state index contributed by atoms with van der Waals surface area (Å²) in [6.07, 6.45) is 1.43. The Labute approximate surface area is 93.2 Å². The topological polar surface area (TPSA) is 86.6 Å². The molecule has 88 valence electrons. The summed E-state index contributed by atoms with van der Waals surface area (Å²) in [5, 5.41) is 19.5. The number of rotatable bonds is 8. The largest absolute Gasteiger partial charge is 0.480 e. The maximum absolute atomic E-state index is 10.8. The van der Waals surface area contributed by atoms with Crippen LogP contribution in [-0.2, 0) is 9.59 Å². The molecule has 0 radical (unpaired) electrons. The summed E-state index contributed by atoms with van der Waals surface area (Å²) < 4.78 is 0. The summed E-state index contributed by atoms with van der Waals surface area (Å²) in [6, 6.07) is -0.894. The third-order valence-corrected chi connectivity index (χ3v) is 2.90. The van der Waals surface area contributed by atoms with Crippen LogP contribution < -0.4 is 5.32 Å². The fraction of sp³-hybridized carbons (Fsp3) is 0.778. The minimum atomic E-state index is -1.06. The standard InChI is InChI=1S/C9H17NO4S/c1-2-4-15-5-3-7(9(13)14)10-8(12)6-11/h7,11H,2-6H2,1H3,(H,10,12)(H,13,14). The van der Waals surface area contributed by atoms with Crippen molar-refractivity contribution < 1.29 is 19.8 Å². The first-order chi connectivity index (χ1) is 7.11. The molecule has 0 aromatic heterocycles. The SMILES string of the molecule is CCCSCCC(NC(=O)CO)C(=O)O. The van der Waals surface area contributed by atoms with Crippen molar-refractivity contribution >= 4 is 23.6 Å². The van der Waals surface area contributed by atoms with Crippen LogP contribution >= 0.6 is 11.8 Å². The van der Waals surface area contributed by atoms with Gasteiger partial charge in [-0.05, 0) is 24.3 Å². The van der Waals surface area contributed by atoms with Crippen molar-refractivity contribution in [1.82, 2.24) is 5.32 Å². The van der Waals surface area contributed by atoms with Crippen LogP contribution in [0.1, 0.15) is 19.8 Å². The van der Waals surface area contributed by atoms with Crippen LogP contribution in [0, 0.1) is 0 Å². The van der Waals surface area contributed by atoms with Gasteiger partial charge in [0.25, 0.3) is 0 Å². The number of hydrogen-bond acceptors (Lipinski definition) is 4. The van der Waals surface area contributed by atoms with Gasteiger partial charge in [0.05, 0.1) is 0 Å². The number of hydrogen-bond donors (Lipinski definition) is 3. The van der Waals surface area contributed by atoms with Crippen molar-refractivity contribution in [3.63, 3.8) is 0 Å².